The summed E-state index contributed by atoms with van der Waals surface area (Å²) >= 11 is 0. The molecule has 3 N–H and O–H groups in total. The zero-order valence-corrected chi connectivity index (χ0v) is 11.1. The minimum atomic E-state index is 0.308. The Kier molecular flexibility index (Phi) is 4.80. The molecule has 3 unspecified atom stereocenters. The lowest BCUT2D eigenvalue weighted by atomic mass is 9.77. The van der Waals surface area contributed by atoms with E-state index in [9.17, 15) is 0 Å². The van der Waals surface area contributed by atoms with Crippen LogP contribution in [-0.2, 0) is 0 Å². The smallest absolute Gasteiger partial charge is 0.109 e. The van der Waals surface area contributed by atoms with E-state index in [0.717, 1.165) is 31.2 Å². The maximum absolute atomic E-state index is 4.54. The number of nitrogens with one attached hydrogen (secondary N) is 3. The fourth-order valence-corrected chi connectivity index (χ4v) is 3.03. The van der Waals surface area contributed by atoms with Gasteiger partial charge in [-0.3, -0.25) is 10.9 Å². The monoisotopic (exact) mass is 238 g/mol. The lowest BCUT2D eigenvalue weighted by molar-refractivity contribution is 0.0995. The van der Waals surface area contributed by atoms with Crippen LogP contribution in [0.1, 0.15) is 52.4 Å². The van der Waals surface area contributed by atoms with Gasteiger partial charge in [-0.25, -0.2) is 5.43 Å². The molecule has 0 aromatic rings. The number of rotatable bonds is 4. The molecule has 0 amide bonds. The van der Waals surface area contributed by atoms with Crippen LogP contribution >= 0.6 is 0 Å². The van der Waals surface area contributed by atoms with Crippen LogP contribution in [0.15, 0.2) is 5.10 Å². The molecule has 0 aromatic carbocycles. The molecular weight excluding hydrogens is 212 g/mol. The summed E-state index contributed by atoms with van der Waals surface area (Å²) in [6.07, 6.45) is 7.86. The number of nitrogens with zero attached hydrogens (tertiary/aromatic N) is 1. The van der Waals surface area contributed by atoms with Crippen LogP contribution < -0.4 is 16.3 Å². The molecule has 17 heavy (non-hydrogen) atoms. The highest BCUT2D eigenvalue weighted by molar-refractivity contribution is 5.83. The average Bonchev–Trinajstić information content (AvgIpc) is 2.40. The Morgan fingerprint density at radius 2 is 2.00 bits per heavy atom. The van der Waals surface area contributed by atoms with Gasteiger partial charge in [0.15, 0.2) is 0 Å². The first-order chi connectivity index (χ1) is 8.35. The topological polar surface area (TPSA) is 48.5 Å². The quantitative estimate of drug-likeness (QED) is 0.518. The Morgan fingerprint density at radius 3 is 2.76 bits per heavy atom. The third-order valence-electron chi connectivity index (χ3n) is 4.20. The second kappa shape index (κ2) is 6.36. The Balaban J connectivity index is 1.92. The summed E-state index contributed by atoms with van der Waals surface area (Å²) in [6.45, 7) is 5.45. The van der Waals surface area contributed by atoms with Gasteiger partial charge in [0, 0.05) is 12.3 Å². The summed E-state index contributed by atoms with van der Waals surface area (Å²) in [5, 5.41) is 4.54. The number of hydrazine groups is 1. The van der Waals surface area contributed by atoms with E-state index in [0.29, 0.717) is 6.17 Å². The molecule has 1 saturated carbocycles. The highest BCUT2D eigenvalue weighted by atomic mass is 15.5. The Labute approximate surface area is 105 Å². The number of fused-ring (bicyclic) bond motifs is 1. The van der Waals surface area contributed by atoms with Crippen molar-refractivity contribution in [2.24, 2.45) is 16.9 Å². The SMILES string of the molecule is CCC(CC)=NNC1NNCC2CCCCC21. The molecule has 0 spiro atoms. The van der Waals surface area contributed by atoms with Gasteiger partial charge in [-0.05, 0) is 37.5 Å². The molecule has 2 rings (SSSR count). The molecule has 0 radical (unpaired) electrons. The normalized spacial score (nSPS) is 32.7. The first-order valence-electron chi connectivity index (χ1n) is 7.14. The van der Waals surface area contributed by atoms with Crippen molar-refractivity contribution < 1.29 is 0 Å². The highest BCUT2D eigenvalue weighted by Gasteiger charge is 2.34. The number of hydrogen-bond donors (Lipinski definition) is 3. The molecule has 4 nitrogen and oxygen atoms in total. The van der Waals surface area contributed by atoms with E-state index in [1.165, 1.54) is 31.4 Å². The van der Waals surface area contributed by atoms with Gasteiger partial charge in [-0.2, -0.15) is 5.10 Å². The summed E-state index contributed by atoms with van der Waals surface area (Å²) in [5.74, 6) is 1.56. The highest BCUT2D eigenvalue weighted by Crippen LogP contribution is 2.32. The van der Waals surface area contributed by atoms with E-state index in [-0.39, 0.29) is 0 Å². The van der Waals surface area contributed by atoms with Crippen LogP contribution in [0.4, 0.5) is 0 Å². The molecular formula is C13H26N4. The molecule has 0 aromatic heterocycles. The Bertz CT molecular complexity index is 256. The summed E-state index contributed by atoms with van der Waals surface area (Å²) < 4.78 is 0. The molecule has 3 atom stereocenters. The van der Waals surface area contributed by atoms with Crippen LogP contribution in [0, 0.1) is 11.8 Å². The van der Waals surface area contributed by atoms with Crippen LogP contribution in [0.3, 0.4) is 0 Å². The van der Waals surface area contributed by atoms with Gasteiger partial charge in [-0.15, -0.1) is 0 Å². The van der Waals surface area contributed by atoms with Crippen molar-refractivity contribution in [2.45, 2.75) is 58.5 Å². The van der Waals surface area contributed by atoms with E-state index < -0.39 is 0 Å². The van der Waals surface area contributed by atoms with Gasteiger partial charge in [0.05, 0.1) is 0 Å². The Hall–Kier alpha value is -0.610. The lowest BCUT2D eigenvalue weighted by Crippen LogP contribution is -2.61. The first-order valence-corrected chi connectivity index (χ1v) is 7.14. The van der Waals surface area contributed by atoms with Crippen molar-refractivity contribution in [3.05, 3.63) is 0 Å². The third kappa shape index (κ3) is 3.19. The lowest BCUT2D eigenvalue weighted by Gasteiger charge is -2.41. The molecule has 1 saturated heterocycles. The number of hydrogen-bond acceptors (Lipinski definition) is 4. The van der Waals surface area contributed by atoms with Crippen LogP contribution in [0.25, 0.3) is 0 Å². The first kappa shape index (κ1) is 12.8. The van der Waals surface area contributed by atoms with Crippen molar-refractivity contribution in [1.29, 1.82) is 0 Å². The average molecular weight is 238 g/mol. The minimum Gasteiger partial charge on any atom is -0.291 e. The molecule has 2 aliphatic rings. The van der Waals surface area contributed by atoms with Gasteiger partial charge in [0.1, 0.15) is 6.17 Å². The van der Waals surface area contributed by atoms with Gasteiger partial charge >= 0.3 is 0 Å². The predicted octanol–water partition coefficient (Wildman–Crippen LogP) is 1.99. The summed E-state index contributed by atoms with van der Waals surface area (Å²) in [5.41, 5.74) is 11.3. The third-order valence-corrected chi connectivity index (χ3v) is 4.20. The second-order valence-corrected chi connectivity index (χ2v) is 5.23. The van der Waals surface area contributed by atoms with Crippen molar-refractivity contribution >= 4 is 5.71 Å². The molecule has 98 valence electrons. The Morgan fingerprint density at radius 1 is 1.24 bits per heavy atom. The fourth-order valence-electron chi connectivity index (χ4n) is 3.03. The van der Waals surface area contributed by atoms with Gasteiger partial charge < -0.3 is 0 Å². The number of hydrazone groups is 1. The molecule has 1 heterocycles. The largest absolute Gasteiger partial charge is 0.291 e. The van der Waals surface area contributed by atoms with E-state index >= 15 is 0 Å². The minimum absolute atomic E-state index is 0.308. The molecule has 2 fully saturated rings. The maximum atomic E-state index is 4.54. The fraction of sp³-hybridized carbons (Fsp3) is 0.923. The van der Waals surface area contributed by atoms with Crippen molar-refractivity contribution in [2.75, 3.05) is 6.54 Å². The van der Waals surface area contributed by atoms with Crippen molar-refractivity contribution in [1.82, 2.24) is 16.3 Å². The standard InChI is InChI=1S/C13H26N4/c1-3-11(4-2)15-17-13-12-8-6-5-7-10(12)9-14-16-13/h10,12-14,16-17H,3-9H2,1-2H3. The van der Waals surface area contributed by atoms with E-state index in [4.69, 9.17) is 0 Å². The van der Waals surface area contributed by atoms with Gasteiger partial charge in [0.25, 0.3) is 0 Å². The van der Waals surface area contributed by atoms with E-state index in [2.05, 4.69) is 35.2 Å². The molecule has 1 aliphatic heterocycles. The van der Waals surface area contributed by atoms with Crippen molar-refractivity contribution in [3.63, 3.8) is 0 Å². The maximum Gasteiger partial charge on any atom is 0.109 e. The molecule has 0 bridgehead atoms. The van der Waals surface area contributed by atoms with Gasteiger partial charge in [0.2, 0.25) is 0 Å². The van der Waals surface area contributed by atoms with Gasteiger partial charge in [-0.1, -0.05) is 26.7 Å². The van der Waals surface area contributed by atoms with Crippen LogP contribution in [-0.4, -0.2) is 18.4 Å². The van der Waals surface area contributed by atoms with Crippen LogP contribution in [0.2, 0.25) is 0 Å². The van der Waals surface area contributed by atoms with E-state index in [1.54, 1.807) is 0 Å². The summed E-state index contributed by atoms with van der Waals surface area (Å²) in [4.78, 5) is 0. The summed E-state index contributed by atoms with van der Waals surface area (Å²) in [6, 6.07) is 0. The van der Waals surface area contributed by atoms with E-state index in [1.807, 2.05) is 0 Å². The molecule has 1 aliphatic carbocycles. The second-order valence-electron chi connectivity index (χ2n) is 5.23. The zero-order chi connectivity index (χ0) is 12.1. The van der Waals surface area contributed by atoms with Crippen molar-refractivity contribution in [3.8, 4) is 0 Å². The molecule has 4 heteroatoms. The predicted molar refractivity (Wildman–Crippen MR) is 71.5 cm³/mol. The van der Waals surface area contributed by atoms with Crippen LogP contribution in [0.5, 0.6) is 0 Å². The zero-order valence-electron chi connectivity index (χ0n) is 11.1. The summed E-state index contributed by atoms with van der Waals surface area (Å²) in [7, 11) is 0.